The van der Waals surface area contributed by atoms with Crippen molar-refractivity contribution in [2.24, 2.45) is 0 Å². The van der Waals surface area contributed by atoms with E-state index in [0.29, 0.717) is 10.6 Å². The van der Waals surface area contributed by atoms with Gasteiger partial charge in [0.15, 0.2) is 22.9 Å². The van der Waals surface area contributed by atoms with E-state index in [1.54, 1.807) is 19.2 Å². The van der Waals surface area contributed by atoms with Crippen molar-refractivity contribution in [3.63, 3.8) is 0 Å². The lowest BCUT2D eigenvalue weighted by Crippen LogP contribution is -3.11. The number of nitrogens with one attached hydrogen (secondary N) is 3. The zero-order valence-corrected chi connectivity index (χ0v) is 17.1. The molecule has 0 aliphatic rings. The highest BCUT2D eigenvalue weighted by molar-refractivity contribution is 7.90. The molecule has 0 saturated heterocycles. The molecule has 8 heteroatoms. The monoisotopic (exact) mass is 404 g/mol. The fourth-order valence-corrected chi connectivity index (χ4v) is 3.43. The molecule has 0 spiro atoms. The molecule has 0 aliphatic heterocycles. The summed E-state index contributed by atoms with van der Waals surface area (Å²) >= 11 is 0. The van der Waals surface area contributed by atoms with E-state index in [0.717, 1.165) is 23.9 Å². The Morgan fingerprint density at radius 1 is 0.964 bits per heavy atom. The highest BCUT2D eigenvalue weighted by Gasteiger charge is 2.16. The van der Waals surface area contributed by atoms with Crippen LogP contribution in [0.2, 0.25) is 0 Å². The number of carbonyl (C=O) groups is 2. The molecule has 7 nitrogen and oxygen atoms in total. The molecule has 150 valence electrons. The Labute approximate surface area is 165 Å². The van der Waals surface area contributed by atoms with Crippen LogP contribution in [0.4, 0.5) is 11.4 Å². The Kier molecular flexibility index (Phi) is 7.31. The van der Waals surface area contributed by atoms with Crippen molar-refractivity contribution in [1.82, 2.24) is 0 Å². The van der Waals surface area contributed by atoms with Gasteiger partial charge in [0.05, 0.1) is 11.9 Å². The van der Waals surface area contributed by atoms with Gasteiger partial charge in [0, 0.05) is 17.6 Å². The second-order valence-corrected chi connectivity index (χ2v) is 8.73. The van der Waals surface area contributed by atoms with Gasteiger partial charge in [0.2, 0.25) is 0 Å². The van der Waals surface area contributed by atoms with Gasteiger partial charge < -0.3 is 15.5 Å². The van der Waals surface area contributed by atoms with Crippen molar-refractivity contribution < 1.29 is 22.9 Å². The Morgan fingerprint density at radius 2 is 1.61 bits per heavy atom. The number of anilines is 2. The summed E-state index contributed by atoms with van der Waals surface area (Å²) in [5.74, 6) is -0.477. The van der Waals surface area contributed by atoms with E-state index in [1.165, 1.54) is 12.1 Å². The summed E-state index contributed by atoms with van der Waals surface area (Å²) in [7, 11) is -1.60. The molecule has 1 unspecified atom stereocenters. The van der Waals surface area contributed by atoms with Crippen LogP contribution in [0, 0.1) is 0 Å². The summed E-state index contributed by atoms with van der Waals surface area (Å²) in [4.78, 5) is 25.3. The normalized spacial score (nSPS) is 12.2. The molecule has 2 aromatic rings. The van der Waals surface area contributed by atoms with Crippen molar-refractivity contribution in [3.05, 3.63) is 54.1 Å². The van der Waals surface area contributed by atoms with Crippen molar-refractivity contribution in [1.29, 1.82) is 0 Å². The predicted octanol–water partition coefficient (Wildman–Crippen LogP) is 0.744. The fraction of sp³-hybridized carbons (Fsp3) is 0.300. The zero-order valence-electron chi connectivity index (χ0n) is 16.3. The van der Waals surface area contributed by atoms with Crippen LogP contribution in [0.25, 0.3) is 0 Å². The highest BCUT2D eigenvalue weighted by Crippen LogP contribution is 2.15. The maximum Gasteiger partial charge on any atom is 0.279 e. The summed E-state index contributed by atoms with van der Waals surface area (Å²) in [6.45, 7) is 2.23. The number of amides is 2. The van der Waals surface area contributed by atoms with Gasteiger partial charge in [-0.15, -0.1) is 0 Å². The number of carbonyl (C=O) groups excluding carboxylic acids is 2. The SMILES string of the molecule is CCc1ccccc1NC(=O)C[NH+](C)CC(=O)Nc1cccc(S(C)(=O)=O)c1. The third-order valence-corrected chi connectivity index (χ3v) is 5.25. The van der Waals surface area contributed by atoms with Crippen molar-refractivity contribution in [3.8, 4) is 0 Å². The van der Waals surface area contributed by atoms with Gasteiger partial charge in [-0.05, 0) is 36.2 Å². The minimum absolute atomic E-state index is 0.0753. The van der Waals surface area contributed by atoms with Gasteiger partial charge in [-0.3, -0.25) is 9.59 Å². The summed E-state index contributed by atoms with van der Waals surface area (Å²) in [5, 5.41) is 5.55. The third-order valence-electron chi connectivity index (χ3n) is 4.14. The maximum atomic E-state index is 12.3. The molecule has 28 heavy (non-hydrogen) atoms. The molecule has 0 bridgehead atoms. The maximum absolute atomic E-state index is 12.3. The Balaban J connectivity index is 1.89. The molecule has 3 N–H and O–H groups in total. The first kappa shape index (κ1) is 21.6. The van der Waals surface area contributed by atoms with Crippen LogP contribution in [0.15, 0.2) is 53.4 Å². The number of benzene rings is 2. The zero-order chi connectivity index (χ0) is 20.7. The first-order valence-corrected chi connectivity index (χ1v) is 10.9. The van der Waals surface area contributed by atoms with Crippen LogP contribution < -0.4 is 15.5 Å². The van der Waals surface area contributed by atoms with Gasteiger partial charge >= 0.3 is 0 Å². The van der Waals surface area contributed by atoms with E-state index in [2.05, 4.69) is 10.6 Å². The van der Waals surface area contributed by atoms with Crippen molar-refractivity contribution in [2.45, 2.75) is 18.2 Å². The molecular formula is C20H26N3O4S+. The van der Waals surface area contributed by atoms with E-state index in [4.69, 9.17) is 0 Å². The van der Waals surface area contributed by atoms with Crippen LogP contribution in [-0.4, -0.2) is 46.6 Å². The van der Waals surface area contributed by atoms with E-state index in [1.807, 2.05) is 31.2 Å². The first-order valence-electron chi connectivity index (χ1n) is 8.98. The second-order valence-electron chi connectivity index (χ2n) is 6.72. The lowest BCUT2D eigenvalue weighted by atomic mass is 10.1. The van der Waals surface area contributed by atoms with Crippen molar-refractivity contribution >= 4 is 33.0 Å². The molecular weight excluding hydrogens is 378 g/mol. The standard InChI is InChI=1S/C20H25N3O4S/c1-4-15-8-5-6-11-18(15)22-20(25)14-23(2)13-19(24)21-16-9-7-10-17(12-16)28(3,26)27/h5-12H,4,13-14H2,1-3H3,(H,21,24)(H,22,25)/p+1. The van der Waals surface area contributed by atoms with Crippen LogP contribution >= 0.6 is 0 Å². The lowest BCUT2D eigenvalue weighted by molar-refractivity contribution is -0.862. The van der Waals surface area contributed by atoms with Gasteiger partial charge in [-0.1, -0.05) is 31.2 Å². The first-order chi connectivity index (χ1) is 13.2. The Morgan fingerprint density at radius 3 is 2.25 bits per heavy atom. The summed E-state index contributed by atoms with van der Waals surface area (Å²) in [5.41, 5.74) is 2.24. The number of aryl methyl sites for hydroxylation is 1. The van der Waals surface area contributed by atoms with E-state index >= 15 is 0 Å². The van der Waals surface area contributed by atoms with Crippen LogP contribution in [0.1, 0.15) is 12.5 Å². The van der Waals surface area contributed by atoms with E-state index in [-0.39, 0.29) is 29.8 Å². The van der Waals surface area contributed by atoms with Gasteiger partial charge in [-0.2, -0.15) is 0 Å². The van der Waals surface area contributed by atoms with Crippen LogP contribution in [-0.2, 0) is 25.8 Å². The average Bonchev–Trinajstić information content (AvgIpc) is 2.61. The van der Waals surface area contributed by atoms with Gasteiger partial charge in [0.25, 0.3) is 11.8 Å². The fourth-order valence-electron chi connectivity index (χ4n) is 2.77. The molecule has 1 atom stereocenters. The average molecular weight is 405 g/mol. The smallest absolute Gasteiger partial charge is 0.279 e. The molecule has 0 aliphatic carbocycles. The predicted molar refractivity (Wildman–Crippen MR) is 109 cm³/mol. The molecule has 0 fully saturated rings. The number of quaternary nitrogens is 1. The van der Waals surface area contributed by atoms with Gasteiger partial charge in [0.1, 0.15) is 0 Å². The second kappa shape index (κ2) is 9.48. The summed E-state index contributed by atoms with van der Waals surface area (Å²) in [6.07, 6.45) is 1.93. The Hall–Kier alpha value is -2.71. The van der Waals surface area contributed by atoms with E-state index in [9.17, 15) is 18.0 Å². The Bertz CT molecular complexity index is 957. The van der Waals surface area contributed by atoms with Gasteiger partial charge in [-0.25, -0.2) is 8.42 Å². The molecule has 2 amide bonds. The summed E-state index contributed by atoms with van der Waals surface area (Å²) in [6, 6.07) is 13.7. The highest BCUT2D eigenvalue weighted by atomic mass is 32.2. The van der Waals surface area contributed by atoms with Crippen LogP contribution in [0.5, 0.6) is 0 Å². The number of rotatable bonds is 8. The molecule has 2 rings (SSSR count). The quantitative estimate of drug-likeness (QED) is 0.605. The number of hydrogen-bond donors (Lipinski definition) is 3. The molecule has 2 aromatic carbocycles. The van der Waals surface area contributed by atoms with E-state index < -0.39 is 9.84 Å². The molecule has 0 aromatic heterocycles. The molecule has 0 radical (unpaired) electrons. The summed E-state index contributed by atoms with van der Waals surface area (Å²) < 4.78 is 23.2. The lowest BCUT2D eigenvalue weighted by Gasteiger charge is -2.15. The van der Waals surface area contributed by atoms with Crippen LogP contribution in [0.3, 0.4) is 0 Å². The third kappa shape index (κ3) is 6.47. The minimum atomic E-state index is -3.35. The number of para-hydroxylation sites is 1. The minimum Gasteiger partial charge on any atom is -0.322 e. The largest absolute Gasteiger partial charge is 0.322 e. The van der Waals surface area contributed by atoms with Crippen molar-refractivity contribution in [2.75, 3.05) is 37.0 Å². The molecule has 0 saturated carbocycles. The number of sulfone groups is 1. The number of hydrogen-bond acceptors (Lipinski definition) is 4. The topological polar surface area (TPSA) is 96.8 Å². The number of likely N-dealkylation sites (N-methyl/N-ethyl adjacent to an activating group) is 1. The molecule has 0 heterocycles.